The number of aromatic carboxylic acids is 1. The second-order valence-electron chi connectivity index (χ2n) is 8.03. The van der Waals surface area contributed by atoms with Crippen molar-refractivity contribution in [2.24, 2.45) is 10.2 Å². The average Bonchev–Trinajstić information content (AvgIpc) is 3.15. The Bertz CT molecular complexity index is 1380. The first-order valence-electron chi connectivity index (χ1n) is 10.8. The molecule has 3 N–H and O–H groups in total. The van der Waals surface area contributed by atoms with Crippen LogP contribution < -0.4 is 10.4 Å². The van der Waals surface area contributed by atoms with Crippen LogP contribution in [0, 0.1) is 13.8 Å². The largest absolute Gasteiger partial charge is 0.505 e. The van der Waals surface area contributed by atoms with Gasteiger partial charge in [-0.15, -0.1) is 0 Å². The number of amides is 1. The van der Waals surface area contributed by atoms with Gasteiger partial charge in [0, 0.05) is 12.7 Å². The number of carbonyl (C=O) groups excluding carboxylic acids is 1. The Hall–Kier alpha value is -4.50. The smallest absolute Gasteiger partial charge is 0.335 e. The minimum Gasteiger partial charge on any atom is -0.505 e. The summed E-state index contributed by atoms with van der Waals surface area (Å²) in [6, 6.07) is 16.8. The van der Waals surface area contributed by atoms with Gasteiger partial charge in [0.1, 0.15) is 11.5 Å². The standard InChI is InChI=1S/C26H24N4O5/c1-15-10-11-19(12-16(15)2)30-25(32)23(22(29-30)14-35-3)28-27-21-9-5-8-20(24(21)31)17-6-4-7-18(13-17)26(33)34/h4-13,27,31H,14H2,1-3H3,(H,33,34)/b28-23-. The van der Waals surface area contributed by atoms with Gasteiger partial charge in [0.15, 0.2) is 5.71 Å². The van der Waals surface area contributed by atoms with Crippen molar-refractivity contribution in [2.75, 3.05) is 24.2 Å². The van der Waals surface area contributed by atoms with E-state index >= 15 is 0 Å². The number of carboxylic acid groups (broad SMARTS) is 1. The van der Waals surface area contributed by atoms with Crippen LogP contribution in [-0.2, 0) is 9.53 Å². The molecule has 3 aromatic carbocycles. The van der Waals surface area contributed by atoms with E-state index in [2.05, 4.69) is 15.6 Å². The molecule has 9 heteroatoms. The minimum absolute atomic E-state index is 0.0581. The minimum atomic E-state index is -1.06. The van der Waals surface area contributed by atoms with Crippen molar-refractivity contribution >= 4 is 34.7 Å². The zero-order valence-electron chi connectivity index (χ0n) is 19.4. The molecule has 0 bridgehead atoms. The third-order valence-corrected chi connectivity index (χ3v) is 5.65. The number of methoxy groups -OCH3 is 1. The quantitative estimate of drug-likeness (QED) is 0.350. The number of aryl methyl sites for hydroxylation is 2. The number of benzene rings is 3. The topological polar surface area (TPSA) is 124 Å². The highest BCUT2D eigenvalue weighted by molar-refractivity contribution is 6.72. The number of carbonyl (C=O) groups is 2. The summed E-state index contributed by atoms with van der Waals surface area (Å²) in [6.07, 6.45) is 0. The summed E-state index contributed by atoms with van der Waals surface area (Å²) >= 11 is 0. The molecular formula is C26H24N4O5. The van der Waals surface area contributed by atoms with Crippen molar-refractivity contribution in [3.63, 3.8) is 0 Å². The molecule has 9 nitrogen and oxygen atoms in total. The lowest BCUT2D eigenvalue weighted by atomic mass is 10.0. The highest BCUT2D eigenvalue weighted by Gasteiger charge is 2.33. The molecule has 1 amide bonds. The first kappa shape index (κ1) is 23.7. The lowest BCUT2D eigenvalue weighted by Gasteiger charge is -2.13. The van der Waals surface area contributed by atoms with Crippen molar-refractivity contribution in [3.05, 3.63) is 77.4 Å². The first-order chi connectivity index (χ1) is 16.8. The maximum absolute atomic E-state index is 13.2. The Balaban J connectivity index is 1.65. The molecule has 0 aliphatic carbocycles. The number of phenols is 1. The van der Waals surface area contributed by atoms with E-state index < -0.39 is 11.9 Å². The average molecular weight is 473 g/mol. The van der Waals surface area contributed by atoms with Crippen LogP contribution >= 0.6 is 0 Å². The first-order valence-corrected chi connectivity index (χ1v) is 10.8. The summed E-state index contributed by atoms with van der Waals surface area (Å²) in [4.78, 5) is 24.5. The molecule has 35 heavy (non-hydrogen) atoms. The zero-order valence-corrected chi connectivity index (χ0v) is 19.4. The number of ether oxygens (including phenoxy) is 1. The highest BCUT2D eigenvalue weighted by atomic mass is 16.5. The van der Waals surface area contributed by atoms with Crippen molar-refractivity contribution in [1.82, 2.24) is 0 Å². The van der Waals surface area contributed by atoms with Gasteiger partial charge in [-0.3, -0.25) is 10.2 Å². The van der Waals surface area contributed by atoms with E-state index in [1.165, 1.54) is 24.3 Å². The van der Waals surface area contributed by atoms with E-state index in [9.17, 15) is 19.8 Å². The number of hydrazone groups is 2. The van der Waals surface area contributed by atoms with E-state index in [0.717, 1.165) is 11.1 Å². The molecule has 1 aliphatic heterocycles. The molecule has 0 radical (unpaired) electrons. The monoisotopic (exact) mass is 472 g/mol. The molecule has 3 aromatic rings. The fourth-order valence-corrected chi connectivity index (χ4v) is 3.62. The van der Waals surface area contributed by atoms with Gasteiger partial charge in [-0.25, -0.2) is 4.79 Å². The third-order valence-electron chi connectivity index (χ3n) is 5.65. The fourth-order valence-electron chi connectivity index (χ4n) is 3.62. The number of anilines is 2. The highest BCUT2D eigenvalue weighted by Crippen LogP contribution is 2.36. The molecule has 0 saturated carbocycles. The predicted octanol–water partition coefficient (Wildman–Crippen LogP) is 4.19. The van der Waals surface area contributed by atoms with Crippen LogP contribution in [0.5, 0.6) is 5.75 Å². The number of para-hydroxylation sites is 1. The van der Waals surface area contributed by atoms with Gasteiger partial charge < -0.3 is 14.9 Å². The maximum Gasteiger partial charge on any atom is 0.335 e. The van der Waals surface area contributed by atoms with Gasteiger partial charge in [0.05, 0.1) is 23.5 Å². The number of nitrogens with zero attached hydrogens (tertiary/aromatic N) is 3. The van der Waals surface area contributed by atoms with Gasteiger partial charge >= 0.3 is 11.9 Å². The molecule has 4 rings (SSSR count). The second kappa shape index (κ2) is 9.78. The number of rotatable bonds is 7. The molecule has 0 spiro atoms. The number of nitrogens with one attached hydrogen (secondary N) is 1. The normalized spacial score (nSPS) is 14.4. The number of hydrogen-bond acceptors (Lipinski definition) is 7. The molecule has 1 heterocycles. The Morgan fingerprint density at radius 3 is 2.57 bits per heavy atom. The van der Waals surface area contributed by atoms with Gasteiger partial charge in [-0.1, -0.05) is 30.3 Å². The Morgan fingerprint density at radius 2 is 1.86 bits per heavy atom. The van der Waals surface area contributed by atoms with Gasteiger partial charge in [-0.05, 0) is 60.9 Å². The van der Waals surface area contributed by atoms with Crippen LogP contribution in [0.4, 0.5) is 11.4 Å². The molecule has 0 atom stereocenters. The molecular weight excluding hydrogens is 448 g/mol. The van der Waals surface area contributed by atoms with Crippen molar-refractivity contribution in [2.45, 2.75) is 13.8 Å². The summed E-state index contributed by atoms with van der Waals surface area (Å²) in [7, 11) is 1.50. The van der Waals surface area contributed by atoms with Crippen LogP contribution in [0.3, 0.4) is 0 Å². The van der Waals surface area contributed by atoms with Crippen LogP contribution in [0.1, 0.15) is 21.5 Å². The molecule has 0 fully saturated rings. The molecule has 0 unspecified atom stereocenters. The second-order valence-corrected chi connectivity index (χ2v) is 8.03. The SMILES string of the molecule is COCC1=NN(c2ccc(C)c(C)c2)C(=O)/C1=N\Nc1cccc(-c2cccc(C(=O)O)c2)c1O. The Labute approximate surface area is 202 Å². The van der Waals surface area contributed by atoms with Crippen LogP contribution in [0.2, 0.25) is 0 Å². The summed E-state index contributed by atoms with van der Waals surface area (Å²) in [6.45, 7) is 4.01. The van der Waals surface area contributed by atoms with Crippen LogP contribution in [0.15, 0.2) is 70.9 Å². The summed E-state index contributed by atoms with van der Waals surface area (Å²) in [5, 5.41) is 30.0. The summed E-state index contributed by atoms with van der Waals surface area (Å²) in [5.41, 5.74) is 7.17. The van der Waals surface area contributed by atoms with E-state index in [0.29, 0.717) is 22.5 Å². The van der Waals surface area contributed by atoms with Crippen LogP contribution in [0.25, 0.3) is 11.1 Å². The van der Waals surface area contributed by atoms with Crippen molar-refractivity contribution in [3.8, 4) is 16.9 Å². The lowest BCUT2D eigenvalue weighted by Crippen LogP contribution is -2.29. The zero-order chi connectivity index (χ0) is 25.1. The number of carboxylic acids is 1. The predicted molar refractivity (Wildman–Crippen MR) is 134 cm³/mol. The molecule has 1 aliphatic rings. The van der Waals surface area contributed by atoms with Crippen molar-refractivity contribution < 1.29 is 24.5 Å². The van der Waals surface area contributed by atoms with E-state index in [-0.39, 0.29) is 29.3 Å². The van der Waals surface area contributed by atoms with Gasteiger partial charge in [-0.2, -0.15) is 15.2 Å². The maximum atomic E-state index is 13.2. The molecule has 0 aromatic heterocycles. The van der Waals surface area contributed by atoms with E-state index in [1.54, 1.807) is 30.3 Å². The van der Waals surface area contributed by atoms with Gasteiger partial charge in [0.2, 0.25) is 0 Å². The van der Waals surface area contributed by atoms with Gasteiger partial charge in [0.25, 0.3) is 0 Å². The molecule has 178 valence electrons. The summed E-state index contributed by atoms with van der Waals surface area (Å²) in [5.74, 6) is -1.64. The van der Waals surface area contributed by atoms with Crippen LogP contribution in [-0.4, -0.2) is 47.2 Å². The van der Waals surface area contributed by atoms with Crippen molar-refractivity contribution in [1.29, 1.82) is 0 Å². The lowest BCUT2D eigenvalue weighted by molar-refractivity contribution is -0.112. The number of aromatic hydroxyl groups is 1. The van der Waals surface area contributed by atoms with E-state index in [4.69, 9.17) is 4.74 Å². The Kier molecular flexibility index (Phi) is 6.61. The fraction of sp³-hybridized carbons (Fsp3) is 0.154. The molecule has 0 saturated heterocycles. The summed E-state index contributed by atoms with van der Waals surface area (Å²) < 4.78 is 5.20. The third kappa shape index (κ3) is 4.75. The Morgan fingerprint density at radius 1 is 1.09 bits per heavy atom. The number of phenolic OH excluding ortho intramolecular Hbond substituents is 1. The number of hydrogen-bond donors (Lipinski definition) is 3. The van der Waals surface area contributed by atoms with E-state index in [1.807, 2.05) is 32.0 Å².